The average molecular weight is 433 g/mol. The van der Waals surface area contributed by atoms with Crippen LogP contribution in [-0.2, 0) is 11.2 Å². The van der Waals surface area contributed by atoms with Gasteiger partial charge in [-0.2, -0.15) is 0 Å². The van der Waals surface area contributed by atoms with Crippen molar-refractivity contribution in [2.75, 3.05) is 5.32 Å². The van der Waals surface area contributed by atoms with E-state index in [4.69, 9.17) is 11.6 Å². The van der Waals surface area contributed by atoms with Crippen LogP contribution in [0.25, 0.3) is 10.9 Å². The summed E-state index contributed by atoms with van der Waals surface area (Å²) in [5, 5.41) is 4.07. The first-order valence-electron chi connectivity index (χ1n) is 9.92. The lowest BCUT2D eigenvalue weighted by Gasteiger charge is -2.08. The highest BCUT2D eigenvalue weighted by atomic mass is 35.5. The van der Waals surface area contributed by atoms with Gasteiger partial charge in [-0.25, -0.2) is 4.98 Å². The average Bonchev–Trinajstić information content (AvgIpc) is 3.15. The topological polar surface area (TPSA) is 76.9 Å². The van der Waals surface area contributed by atoms with Gasteiger partial charge in [-0.15, -0.1) is 0 Å². The third-order valence-electron chi connectivity index (χ3n) is 5.03. The van der Waals surface area contributed by atoms with E-state index in [2.05, 4.69) is 33.7 Å². The van der Waals surface area contributed by atoms with Gasteiger partial charge in [0.2, 0.25) is 5.91 Å². The third-order valence-corrected chi connectivity index (χ3v) is 5.40. The lowest BCUT2D eigenvalue weighted by Crippen LogP contribution is -2.16. The molecule has 0 fully saturated rings. The molecular weight excluding hydrogens is 412 g/mol. The lowest BCUT2D eigenvalue weighted by atomic mass is 10.0. The van der Waals surface area contributed by atoms with Crippen molar-refractivity contribution >= 4 is 40.0 Å². The molecule has 0 aliphatic carbocycles. The Morgan fingerprint density at radius 1 is 1.13 bits per heavy atom. The molecule has 0 atom stereocenters. The van der Waals surface area contributed by atoms with Crippen molar-refractivity contribution in [3.63, 3.8) is 0 Å². The van der Waals surface area contributed by atoms with Crippen molar-refractivity contribution in [3.8, 4) is 0 Å². The van der Waals surface area contributed by atoms with Crippen molar-refractivity contribution < 1.29 is 9.59 Å². The molecule has 0 saturated heterocycles. The number of nitrogens with zero attached hydrogens (tertiary/aromatic N) is 3. The molecule has 0 spiro atoms. The van der Waals surface area contributed by atoms with Crippen LogP contribution in [0.5, 0.6) is 0 Å². The maximum Gasteiger partial charge on any atom is 0.230 e. The van der Waals surface area contributed by atoms with Gasteiger partial charge in [0, 0.05) is 52.4 Å². The van der Waals surface area contributed by atoms with Crippen LogP contribution in [0.3, 0.4) is 0 Å². The molecule has 4 aromatic rings. The van der Waals surface area contributed by atoms with E-state index in [0.29, 0.717) is 22.0 Å². The zero-order chi connectivity index (χ0) is 22.0. The van der Waals surface area contributed by atoms with E-state index in [1.807, 2.05) is 24.4 Å². The van der Waals surface area contributed by atoms with Crippen molar-refractivity contribution in [2.24, 2.45) is 0 Å². The third kappa shape index (κ3) is 4.34. The summed E-state index contributed by atoms with van der Waals surface area (Å²) in [5.41, 5.74) is 2.68. The van der Waals surface area contributed by atoms with E-state index in [0.717, 1.165) is 16.5 Å². The second-order valence-corrected chi connectivity index (χ2v) is 7.92. The fourth-order valence-corrected chi connectivity index (χ4v) is 3.71. The molecule has 0 radical (unpaired) electrons. The minimum Gasteiger partial charge on any atom is -0.344 e. The molecular formula is C24H21ClN4O2. The molecule has 0 aliphatic rings. The zero-order valence-corrected chi connectivity index (χ0v) is 17.9. The van der Waals surface area contributed by atoms with Gasteiger partial charge in [-0.3, -0.25) is 14.6 Å². The van der Waals surface area contributed by atoms with Crippen molar-refractivity contribution in [3.05, 3.63) is 89.0 Å². The quantitative estimate of drug-likeness (QED) is 0.431. The predicted molar refractivity (Wildman–Crippen MR) is 122 cm³/mol. The van der Waals surface area contributed by atoms with Gasteiger partial charge in [0.1, 0.15) is 5.82 Å². The highest BCUT2D eigenvalue weighted by Crippen LogP contribution is 2.26. The normalized spacial score (nSPS) is 11.1. The SMILES string of the molecule is CC(C)n1cc(C(=O)c2ccnc(NC(=O)Cc3ccccc3Cl)c2)c2cnccc21. The smallest absolute Gasteiger partial charge is 0.230 e. The van der Waals surface area contributed by atoms with Gasteiger partial charge in [-0.1, -0.05) is 29.8 Å². The van der Waals surface area contributed by atoms with Crippen molar-refractivity contribution in [1.29, 1.82) is 0 Å². The predicted octanol–water partition coefficient (Wildman–Crippen LogP) is 5.08. The van der Waals surface area contributed by atoms with Crippen LogP contribution in [0, 0.1) is 0 Å². The Morgan fingerprint density at radius 3 is 2.71 bits per heavy atom. The minimum atomic E-state index is -0.259. The van der Waals surface area contributed by atoms with Gasteiger partial charge in [0.05, 0.1) is 11.9 Å². The Labute approximate surface area is 184 Å². The molecule has 0 saturated carbocycles. The number of hydrogen-bond donors (Lipinski definition) is 1. The van der Waals surface area contributed by atoms with Crippen molar-refractivity contribution in [2.45, 2.75) is 26.3 Å². The molecule has 0 aliphatic heterocycles. The van der Waals surface area contributed by atoms with Crippen LogP contribution in [0.4, 0.5) is 5.82 Å². The Hall–Kier alpha value is -3.51. The molecule has 31 heavy (non-hydrogen) atoms. The van der Waals surface area contributed by atoms with E-state index in [-0.39, 0.29) is 24.2 Å². The number of amides is 1. The monoisotopic (exact) mass is 432 g/mol. The van der Waals surface area contributed by atoms with E-state index < -0.39 is 0 Å². The van der Waals surface area contributed by atoms with Crippen LogP contribution in [0.1, 0.15) is 41.4 Å². The molecule has 1 N–H and O–H groups in total. The van der Waals surface area contributed by atoms with Crippen LogP contribution in [0.15, 0.2) is 67.3 Å². The molecule has 3 heterocycles. The fraction of sp³-hybridized carbons (Fsp3) is 0.167. The number of carbonyl (C=O) groups excluding carboxylic acids is 2. The Morgan fingerprint density at radius 2 is 1.94 bits per heavy atom. The lowest BCUT2D eigenvalue weighted by molar-refractivity contribution is -0.115. The number of nitrogens with one attached hydrogen (secondary N) is 1. The number of hydrogen-bond acceptors (Lipinski definition) is 4. The second-order valence-electron chi connectivity index (χ2n) is 7.51. The Balaban J connectivity index is 1.59. The summed E-state index contributed by atoms with van der Waals surface area (Å²) < 4.78 is 2.05. The molecule has 0 bridgehead atoms. The van der Waals surface area contributed by atoms with E-state index in [9.17, 15) is 9.59 Å². The van der Waals surface area contributed by atoms with Crippen LogP contribution >= 0.6 is 11.6 Å². The Bertz CT molecular complexity index is 1280. The maximum atomic E-state index is 13.3. The number of rotatable bonds is 6. The first-order chi connectivity index (χ1) is 14.9. The Kier molecular flexibility index (Phi) is 5.82. The van der Waals surface area contributed by atoms with E-state index in [1.54, 1.807) is 36.7 Å². The summed E-state index contributed by atoms with van der Waals surface area (Å²) in [5.74, 6) is -0.0964. The first kappa shape index (κ1) is 20.8. The number of carbonyl (C=O) groups is 2. The molecule has 1 aromatic carbocycles. The van der Waals surface area contributed by atoms with Crippen LogP contribution in [0.2, 0.25) is 5.02 Å². The number of pyridine rings is 2. The molecule has 0 unspecified atom stereocenters. The van der Waals surface area contributed by atoms with Gasteiger partial charge >= 0.3 is 0 Å². The van der Waals surface area contributed by atoms with E-state index >= 15 is 0 Å². The number of ketones is 1. The summed E-state index contributed by atoms with van der Waals surface area (Å²) in [4.78, 5) is 34.1. The number of aromatic nitrogens is 3. The van der Waals surface area contributed by atoms with E-state index in [1.165, 1.54) is 6.20 Å². The van der Waals surface area contributed by atoms with Gasteiger partial charge in [0.25, 0.3) is 0 Å². The molecule has 7 heteroatoms. The number of fused-ring (bicyclic) bond motifs is 1. The largest absolute Gasteiger partial charge is 0.344 e. The summed E-state index contributed by atoms with van der Waals surface area (Å²) in [6.07, 6.45) is 6.91. The minimum absolute atomic E-state index is 0.118. The summed E-state index contributed by atoms with van der Waals surface area (Å²) in [6, 6.07) is 12.5. The summed E-state index contributed by atoms with van der Waals surface area (Å²) >= 11 is 6.13. The molecule has 1 amide bonds. The molecule has 156 valence electrons. The fourth-order valence-electron chi connectivity index (χ4n) is 3.50. The summed E-state index contributed by atoms with van der Waals surface area (Å²) in [6.45, 7) is 4.13. The molecule has 3 aromatic heterocycles. The van der Waals surface area contributed by atoms with Crippen LogP contribution in [-0.4, -0.2) is 26.2 Å². The maximum absolute atomic E-state index is 13.3. The number of anilines is 1. The standard InChI is InChI=1S/C24H21ClN4O2/c1-15(2)29-14-19(18-13-26-9-8-21(18)29)24(31)17-7-10-27-22(11-17)28-23(30)12-16-5-3-4-6-20(16)25/h3-11,13-15H,12H2,1-2H3,(H,27,28,30). The first-order valence-corrected chi connectivity index (χ1v) is 10.3. The molecule has 4 rings (SSSR count). The van der Waals surface area contributed by atoms with Gasteiger partial charge < -0.3 is 9.88 Å². The molecule has 6 nitrogen and oxygen atoms in total. The number of benzene rings is 1. The second kappa shape index (κ2) is 8.70. The summed E-state index contributed by atoms with van der Waals surface area (Å²) in [7, 11) is 0. The van der Waals surface area contributed by atoms with Crippen LogP contribution < -0.4 is 5.32 Å². The van der Waals surface area contributed by atoms with Crippen molar-refractivity contribution in [1.82, 2.24) is 14.5 Å². The highest BCUT2D eigenvalue weighted by Gasteiger charge is 2.19. The number of halogens is 1. The van der Waals surface area contributed by atoms with Gasteiger partial charge in [-0.05, 0) is 43.7 Å². The van der Waals surface area contributed by atoms with Gasteiger partial charge in [0.15, 0.2) is 5.78 Å². The zero-order valence-electron chi connectivity index (χ0n) is 17.2. The highest BCUT2D eigenvalue weighted by molar-refractivity contribution is 6.31.